The van der Waals surface area contributed by atoms with Crippen LogP contribution in [0, 0.1) is 40.4 Å². The van der Waals surface area contributed by atoms with Crippen LogP contribution in [0.4, 0.5) is 0 Å². The lowest BCUT2D eigenvalue weighted by molar-refractivity contribution is -0.177. The topological polar surface area (TPSA) is 104 Å². The molecule has 5 rings (SSSR count). The predicted molar refractivity (Wildman–Crippen MR) is 94.3 cm³/mol. The van der Waals surface area contributed by atoms with Crippen molar-refractivity contribution in [3.63, 3.8) is 0 Å². The smallest absolute Gasteiger partial charge is 0.162 e. The molecule has 10 atom stereocenters. The number of ketones is 2. The molecule has 6 nitrogen and oxygen atoms in total. The van der Waals surface area contributed by atoms with Crippen LogP contribution in [0.1, 0.15) is 51.9 Å². The molecule has 6 heteroatoms. The Morgan fingerprint density at radius 2 is 2.04 bits per heavy atom. The molecule has 1 unspecified atom stereocenters. The van der Waals surface area contributed by atoms with Gasteiger partial charge in [0.15, 0.2) is 12.1 Å². The number of carbonyl (C=O) groups is 2. The van der Waals surface area contributed by atoms with Gasteiger partial charge in [-0.25, -0.2) is 0 Å². The van der Waals surface area contributed by atoms with Gasteiger partial charge < -0.3 is 20.1 Å². The maximum absolute atomic E-state index is 12.4. The Bertz CT molecular complexity index is 678. The summed E-state index contributed by atoms with van der Waals surface area (Å²) >= 11 is 0. The highest BCUT2D eigenvalue weighted by Gasteiger charge is 2.72. The van der Waals surface area contributed by atoms with Gasteiger partial charge in [0.25, 0.3) is 0 Å². The van der Waals surface area contributed by atoms with E-state index in [1.165, 1.54) is 0 Å². The molecule has 1 saturated heterocycles. The number of aliphatic hydroxyl groups excluding tert-OH is 3. The minimum absolute atomic E-state index is 0.0369. The minimum atomic E-state index is -0.981. The van der Waals surface area contributed by atoms with Crippen LogP contribution in [-0.4, -0.2) is 52.0 Å². The van der Waals surface area contributed by atoms with Crippen LogP contribution >= 0.6 is 0 Å². The third-order valence-corrected chi connectivity index (χ3v) is 9.32. The molecule has 2 bridgehead atoms. The van der Waals surface area contributed by atoms with Gasteiger partial charge in [-0.1, -0.05) is 6.92 Å². The second-order valence-electron chi connectivity index (χ2n) is 10.1. The third kappa shape index (κ3) is 2.16. The molecule has 1 spiro atoms. The molecule has 5 aliphatic rings. The summed E-state index contributed by atoms with van der Waals surface area (Å²) in [5.41, 5.74) is -0.782. The van der Waals surface area contributed by atoms with Crippen LogP contribution in [0.3, 0.4) is 0 Å². The molecule has 4 aliphatic carbocycles. The zero-order valence-electron chi connectivity index (χ0n) is 15.8. The van der Waals surface area contributed by atoms with Gasteiger partial charge in [-0.15, -0.1) is 0 Å². The molecule has 1 aliphatic heterocycles. The Kier molecular flexibility index (Phi) is 3.95. The largest absolute Gasteiger partial charge is 0.393 e. The van der Waals surface area contributed by atoms with Gasteiger partial charge in [0, 0.05) is 24.2 Å². The standard InChI is InChI=1S/C21H30O6/c1-20-5-4-10(23)6-14(20)15(24)7-11-12-2-3-13(16(25)9-22)21(12)8-17(18(11)20)27-19(21)26/h11-15,17-19,22,24,26H,2-9H2,1H3/t11-,12-,13+,14+,15+,17-,18+,19?,20-,21+/m0/s1. The summed E-state index contributed by atoms with van der Waals surface area (Å²) in [7, 11) is 0. The first-order valence-corrected chi connectivity index (χ1v) is 10.5. The summed E-state index contributed by atoms with van der Waals surface area (Å²) in [5.74, 6) is 0.181. The summed E-state index contributed by atoms with van der Waals surface area (Å²) in [4.78, 5) is 24.5. The molecule has 150 valence electrons. The summed E-state index contributed by atoms with van der Waals surface area (Å²) in [6, 6.07) is 0. The molecule has 0 aromatic heterocycles. The molecule has 0 amide bonds. The number of hydrogen-bond donors (Lipinski definition) is 3. The van der Waals surface area contributed by atoms with E-state index in [0.29, 0.717) is 32.1 Å². The Labute approximate surface area is 159 Å². The fourth-order valence-electron chi connectivity index (χ4n) is 8.33. The van der Waals surface area contributed by atoms with Crippen molar-refractivity contribution >= 4 is 11.6 Å². The molecule has 3 N–H and O–H groups in total. The molecular formula is C21H30O6. The van der Waals surface area contributed by atoms with Crippen LogP contribution in [-0.2, 0) is 14.3 Å². The average molecular weight is 378 g/mol. The van der Waals surface area contributed by atoms with Crippen LogP contribution in [0.2, 0.25) is 0 Å². The van der Waals surface area contributed by atoms with Crippen molar-refractivity contribution < 1.29 is 29.6 Å². The highest BCUT2D eigenvalue weighted by molar-refractivity contribution is 5.83. The summed E-state index contributed by atoms with van der Waals surface area (Å²) in [5, 5.41) is 31.3. The van der Waals surface area contributed by atoms with Crippen LogP contribution in [0.5, 0.6) is 0 Å². The zero-order valence-corrected chi connectivity index (χ0v) is 15.8. The lowest BCUT2D eigenvalue weighted by Gasteiger charge is -2.60. The van der Waals surface area contributed by atoms with E-state index in [-0.39, 0.29) is 52.7 Å². The third-order valence-electron chi connectivity index (χ3n) is 9.32. The van der Waals surface area contributed by atoms with Crippen molar-refractivity contribution in [2.24, 2.45) is 40.4 Å². The number of hydrogen-bond acceptors (Lipinski definition) is 6. The lowest BCUT2D eigenvalue weighted by Crippen LogP contribution is -2.61. The van der Waals surface area contributed by atoms with E-state index in [1.54, 1.807) is 0 Å². The number of fused-ring (bicyclic) bond motifs is 6. The molecule has 0 radical (unpaired) electrons. The molecule has 0 aromatic carbocycles. The number of Topliss-reactive ketones (excluding diaryl/α,β-unsaturated/α-hetero) is 2. The quantitative estimate of drug-likeness (QED) is 0.664. The maximum Gasteiger partial charge on any atom is 0.162 e. The van der Waals surface area contributed by atoms with Crippen molar-refractivity contribution in [1.82, 2.24) is 0 Å². The van der Waals surface area contributed by atoms with Gasteiger partial charge >= 0.3 is 0 Å². The van der Waals surface area contributed by atoms with Crippen LogP contribution < -0.4 is 0 Å². The van der Waals surface area contributed by atoms with Crippen LogP contribution in [0.25, 0.3) is 0 Å². The fourth-order valence-corrected chi connectivity index (χ4v) is 8.33. The van der Waals surface area contributed by atoms with Gasteiger partial charge in [-0.2, -0.15) is 0 Å². The van der Waals surface area contributed by atoms with E-state index in [1.807, 2.05) is 0 Å². The molecule has 5 fully saturated rings. The SMILES string of the molecule is C[C@]12CCC(=O)C[C@@H]1[C@H](O)C[C@@H]1[C@@H]2[C@@H]2C[C@]3(C(O)O2)[C@@H](C(=O)CO)CC[C@@H]13. The van der Waals surface area contributed by atoms with Gasteiger partial charge in [-0.3, -0.25) is 9.59 Å². The number of carbonyl (C=O) groups excluding carboxylic acids is 2. The van der Waals surface area contributed by atoms with E-state index in [9.17, 15) is 24.9 Å². The highest BCUT2D eigenvalue weighted by atomic mass is 16.6. The van der Waals surface area contributed by atoms with Gasteiger partial charge in [0.2, 0.25) is 0 Å². The monoisotopic (exact) mass is 378 g/mol. The average Bonchev–Trinajstić information content (AvgIpc) is 3.15. The summed E-state index contributed by atoms with van der Waals surface area (Å²) in [6.07, 6.45) is 2.92. The second-order valence-corrected chi connectivity index (χ2v) is 10.1. The van der Waals surface area contributed by atoms with Crippen LogP contribution in [0.15, 0.2) is 0 Å². The highest BCUT2D eigenvalue weighted by Crippen LogP contribution is 2.71. The van der Waals surface area contributed by atoms with Crippen molar-refractivity contribution in [1.29, 1.82) is 0 Å². The second kappa shape index (κ2) is 5.85. The first-order valence-electron chi connectivity index (χ1n) is 10.5. The van der Waals surface area contributed by atoms with Gasteiger partial charge in [0.1, 0.15) is 12.4 Å². The first-order chi connectivity index (χ1) is 12.8. The minimum Gasteiger partial charge on any atom is -0.393 e. The lowest BCUT2D eigenvalue weighted by atomic mass is 9.43. The summed E-state index contributed by atoms with van der Waals surface area (Å²) in [6.45, 7) is 1.71. The molecule has 4 saturated carbocycles. The number of aliphatic hydroxyl groups is 3. The summed E-state index contributed by atoms with van der Waals surface area (Å²) < 4.78 is 6.12. The normalized spacial score (nSPS) is 56.4. The number of rotatable bonds is 2. The van der Waals surface area contributed by atoms with Crippen molar-refractivity contribution in [2.45, 2.75) is 70.4 Å². The van der Waals surface area contributed by atoms with Crippen molar-refractivity contribution in [3.8, 4) is 0 Å². The van der Waals surface area contributed by atoms with Crippen molar-refractivity contribution in [3.05, 3.63) is 0 Å². The van der Waals surface area contributed by atoms with Crippen molar-refractivity contribution in [2.75, 3.05) is 6.61 Å². The Morgan fingerprint density at radius 1 is 1.26 bits per heavy atom. The fraction of sp³-hybridized carbons (Fsp3) is 0.905. The van der Waals surface area contributed by atoms with Gasteiger partial charge in [0.05, 0.1) is 12.2 Å². The van der Waals surface area contributed by atoms with E-state index < -0.39 is 24.4 Å². The van der Waals surface area contributed by atoms with Gasteiger partial charge in [-0.05, 0) is 61.2 Å². The Morgan fingerprint density at radius 3 is 2.78 bits per heavy atom. The zero-order chi connectivity index (χ0) is 19.1. The van der Waals surface area contributed by atoms with E-state index in [2.05, 4.69) is 6.92 Å². The Hall–Kier alpha value is -0.820. The maximum atomic E-state index is 12.4. The van der Waals surface area contributed by atoms with E-state index >= 15 is 0 Å². The molecule has 27 heavy (non-hydrogen) atoms. The number of ether oxygens (including phenoxy) is 1. The Balaban J connectivity index is 1.56. The molecule has 1 heterocycles. The van der Waals surface area contributed by atoms with E-state index in [4.69, 9.17) is 4.74 Å². The predicted octanol–water partition coefficient (Wildman–Crippen LogP) is 1.05. The molecular weight excluding hydrogens is 348 g/mol. The van der Waals surface area contributed by atoms with E-state index in [0.717, 1.165) is 12.8 Å². The molecule has 0 aromatic rings. The first kappa shape index (κ1) is 18.2.